The van der Waals surface area contributed by atoms with Crippen molar-refractivity contribution in [1.29, 1.82) is 0 Å². The molecular weight excluding hydrogens is 172 g/mol. The maximum absolute atomic E-state index is 10.8. The number of aromatic nitrogens is 2. The predicted octanol–water partition coefficient (Wildman–Crippen LogP) is 1.88. The van der Waals surface area contributed by atoms with Crippen LogP contribution in [0.2, 0.25) is 0 Å². The summed E-state index contributed by atoms with van der Waals surface area (Å²) in [7, 11) is 0. The lowest BCUT2D eigenvalue weighted by molar-refractivity contribution is 0.440. The van der Waals surface area contributed by atoms with Crippen molar-refractivity contribution in [3.63, 3.8) is 0 Å². The second-order valence-corrected chi connectivity index (χ2v) is 4.28. The normalized spacial score (nSPS) is 19.7. The summed E-state index contributed by atoms with van der Waals surface area (Å²) < 4.78 is 0. The number of aromatic amines is 1. The van der Waals surface area contributed by atoms with E-state index in [9.17, 15) is 4.79 Å². The molecule has 1 aromatic heterocycles. The van der Waals surface area contributed by atoms with Crippen LogP contribution in [0.1, 0.15) is 43.0 Å². The standard InChI is InChI=1S/C8H12N2OS/c11-8-10-9-7(12-8)6-4-2-1-3-5-6/h6H,1-5H2,(H,10,11). The van der Waals surface area contributed by atoms with Crippen molar-refractivity contribution in [1.82, 2.24) is 10.2 Å². The average Bonchev–Trinajstić information content (AvgIpc) is 2.54. The van der Waals surface area contributed by atoms with Crippen molar-refractivity contribution in [2.45, 2.75) is 38.0 Å². The van der Waals surface area contributed by atoms with Crippen LogP contribution in [0.15, 0.2) is 4.79 Å². The lowest BCUT2D eigenvalue weighted by Crippen LogP contribution is -2.03. The van der Waals surface area contributed by atoms with Crippen LogP contribution in [0.4, 0.5) is 0 Å². The van der Waals surface area contributed by atoms with Gasteiger partial charge in [0.1, 0.15) is 5.01 Å². The van der Waals surface area contributed by atoms with Gasteiger partial charge in [0.05, 0.1) is 0 Å². The maximum Gasteiger partial charge on any atom is 0.322 e. The van der Waals surface area contributed by atoms with Crippen molar-refractivity contribution in [3.8, 4) is 0 Å². The number of nitrogens with zero attached hydrogens (tertiary/aromatic N) is 1. The lowest BCUT2D eigenvalue weighted by Gasteiger charge is -2.18. The molecule has 0 saturated heterocycles. The summed E-state index contributed by atoms with van der Waals surface area (Å²) in [4.78, 5) is 10.8. The first-order chi connectivity index (χ1) is 5.86. The second-order valence-electron chi connectivity index (χ2n) is 3.29. The van der Waals surface area contributed by atoms with E-state index in [4.69, 9.17) is 0 Å². The van der Waals surface area contributed by atoms with E-state index in [1.807, 2.05) is 0 Å². The summed E-state index contributed by atoms with van der Waals surface area (Å²) in [6.45, 7) is 0. The Morgan fingerprint density at radius 2 is 2.08 bits per heavy atom. The Kier molecular flexibility index (Phi) is 2.26. The van der Waals surface area contributed by atoms with Gasteiger partial charge in [-0.15, -0.1) is 0 Å². The average molecular weight is 184 g/mol. The highest BCUT2D eigenvalue weighted by Gasteiger charge is 2.18. The van der Waals surface area contributed by atoms with Gasteiger partial charge >= 0.3 is 4.87 Å². The second kappa shape index (κ2) is 3.39. The summed E-state index contributed by atoms with van der Waals surface area (Å²) in [5.74, 6) is 0.558. The lowest BCUT2D eigenvalue weighted by atomic mass is 9.90. The number of rotatable bonds is 1. The maximum atomic E-state index is 10.8. The SMILES string of the molecule is O=c1[nH]nc(C2CCCCC2)s1. The molecule has 0 atom stereocenters. The van der Waals surface area contributed by atoms with Gasteiger partial charge < -0.3 is 0 Å². The highest BCUT2D eigenvalue weighted by atomic mass is 32.1. The zero-order valence-corrected chi connectivity index (χ0v) is 7.69. The number of hydrogen-bond donors (Lipinski definition) is 1. The highest BCUT2D eigenvalue weighted by molar-refractivity contribution is 7.08. The molecule has 1 N–H and O–H groups in total. The fraction of sp³-hybridized carbons (Fsp3) is 0.750. The van der Waals surface area contributed by atoms with Gasteiger partial charge in [-0.2, -0.15) is 5.10 Å². The molecule has 1 aliphatic carbocycles. The van der Waals surface area contributed by atoms with Crippen molar-refractivity contribution in [2.24, 2.45) is 0 Å². The molecule has 1 fully saturated rings. The van der Waals surface area contributed by atoms with E-state index < -0.39 is 0 Å². The Hall–Kier alpha value is -0.640. The van der Waals surface area contributed by atoms with Gasteiger partial charge in [0.2, 0.25) is 0 Å². The van der Waals surface area contributed by atoms with Gasteiger partial charge in [-0.25, -0.2) is 5.10 Å². The zero-order valence-electron chi connectivity index (χ0n) is 6.88. The zero-order chi connectivity index (χ0) is 8.39. The van der Waals surface area contributed by atoms with Crippen LogP contribution >= 0.6 is 11.3 Å². The molecule has 0 unspecified atom stereocenters. The third-order valence-electron chi connectivity index (χ3n) is 2.41. The van der Waals surface area contributed by atoms with Crippen molar-refractivity contribution >= 4 is 11.3 Å². The van der Waals surface area contributed by atoms with Gasteiger partial charge in [-0.05, 0) is 12.8 Å². The molecule has 0 bridgehead atoms. The summed E-state index contributed by atoms with van der Waals surface area (Å²) >= 11 is 1.27. The Balaban J connectivity index is 2.13. The third kappa shape index (κ3) is 1.58. The van der Waals surface area contributed by atoms with Crippen LogP contribution in [0.3, 0.4) is 0 Å². The van der Waals surface area contributed by atoms with Gasteiger partial charge in [-0.3, -0.25) is 4.79 Å². The Morgan fingerprint density at radius 3 is 2.67 bits per heavy atom. The molecule has 4 heteroatoms. The molecule has 0 spiro atoms. The van der Waals surface area contributed by atoms with Crippen LogP contribution < -0.4 is 4.87 Å². The van der Waals surface area contributed by atoms with E-state index in [0.29, 0.717) is 5.92 Å². The smallest absolute Gasteiger partial charge is 0.255 e. The Labute approximate surface area is 74.8 Å². The first kappa shape index (κ1) is 7.98. The minimum absolute atomic E-state index is 0.0180. The first-order valence-corrected chi connectivity index (χ1v) is 5.23. The van der Waals surface area contributed by atoms with E-state index in [0.717, 1.165) is 5.01 Å². The van der Waals surface area contributed by atoms with Crippen LogP contribution in [-0.2, 0) is 0 Å². The molecule has 3 nitrogen and oxygen atoms in total. The van der Waals surface area contributed by atoms with E-state index in [1.54, 1.807) is 0 Å². The van der Waals surface area contributed by atoms with Crippen molar-refractivity contribution in [3.05, 3.63) is 14.7 Å². The largest absolute Gasteiger partial charge is 0.322 e. The number of hydrogen-bond acceptors (Lipinski definition) is 3. The van der Waals surface area contributed by atoms with E-state index in [1.165, 1.54) is 43.4 Å². The minimum atomic E-state index is -0.0180. The summed E-state index contributed by atoms with van der Waals surface area (Å²) in [6.07, 6.45) is 6.34. The molecule has 12 heavy (non-hydrogen) atoms. The highest BCUT2D eigenvalue weighted by Crippen LogP contribution is 2.31. The summed E-state index contributed by atoms with van der Waals surface area (Å²) in [6, 6.07) is 0. The van der Waals surface area contributed by atoms with Crippen LogP contribution in [-0.4, -0.2) is 10.2 Å². The molecule has 1 aliphatic rings. The quantitative estimate of drug-likeness (QED) is 0.724. The van der Waals surface area contributed by atoms with Gasteiger partial charge in [0, 0.05) is 5.92 Å². The van der Waals surface area contributed by atoms with Crippen LogP contribution in [0.5, 0.6) is 0 Å². The topological polar surface area (TPSA) is 45.8 Å². The molecule has 2 rings (SSSR count). The molecule has 0 aliphatic heterocycles. The fourth-order valence-corrected chi connectivity index (χ4v) is 2.54. The summed E-state index contributed by atoms with van der Waals surface area (Å²) in [5, 5.41) is 7.51. The van der Waals surface area contributed by atoms with Gasteiger partial charge in [0.25, 0.3) is 0 Å². The molecular formula is C8H12N2OS. The first-order valence-electron chi connectivity index (χ1n) is 4.41. The molecule has 0 amide bonds. The fourth-order valence-electron chi connectivity index (χ4n) is 1.77. The van der Waals surface area contributed by atoms with Gasteiger partial charge in [-0.1, -0.05) is 30.6 Å². The van der Waals surface area contributed by atoms with E-state index >= 15 is 0 Å². The predicted molar refractivity (Wildman–Crippen MR) is 48.6 cm³/mol. The molecule has 1 heterocycles. The van der Waals surface area contributed by atoms with Crippen molar-refractivity contribution < 1.29 is 0 Å². The van der Waals surface area contributed by atoms with Crippen LogP contribution in [0, 0.1) is 0 Å². The Morgan fingerprint density at radius 1 is 1.33 bits per heavy atom. The van der Waals surface area contributed by atoms with Crippen molar-refractivity contribution in [2.75, 3.05) is 0 Å². The summed E-state index contributed by atoms with van der Waals surface area (Å²) in [5.41, 5.74) is 0. The molecule has 1 aromatic rings. The number of H-pyrrole nitrogens is 1. The molecule has 1 saturated carbocycles. The third-order valence-corrected chi connectivity index (χ3v) is 3.32. The molecule has 0 radical (unpaired) electrons. The molecule has 0 aromatic carbocycles. The minimum Gasteiger partial charge on any atom is -0.255 e. The van der Waals surface area contributed by atoms with Crippen LogP contribution in [0.25, 0.3) is 0 Å². The Bertz CT molecular complexity index is 298. The van der Waals surface area contributed by atoms with E-state index in [-0.39, 0.29) is 4.87 Å². The molecule has 66 valence electrons. The van der Waals surface area contributed by atoms with E-state index in [2.05, 4.69) is 10.2 Å². The monoisotopic (exact) mass is 184 g/mol. The van der Waals surface area contributed by atoms with Gasteiger partial charge in [0.15, 0.2) is 0 Å². The number of nitrogens with one attached hydrogen (secondary N) is 1.